The maximum Gasteiger partial charge on any atom is 0.271 e. The fourth-order valence-corrected chi connectivity index (χ4v) is 1.57. The van der Waals surface area contributed by atoms with Gasteiger partial charge < -0.3 is 11.1 Å². The molecule has 0 saturated carbocycles. The van der Waals surface area contributed by atoms with E-state index in [4.69, 9.17) is 5.73 Å². The Kier molecular flexibility index (Phi) is 4.90. The largest absolute Gasteiger partial charge is 0.385 e. The number of nitro groups is 1. The summed E-state index contributed by atoms with van der Waals surface area (Å²) in [5.74, 6) is 0.862. The molecule has 1 atom stereocenters. The number of non-ortho nitro benzene ring substituents is 1. The fourth-order valence-electron chi connectivity index (χ4n) is 1.57. The molecule has 0 aliphatic rings. The summed E-state index contributed by atoms with van der Waals surface area (Å²) < 4.78 is 0. The number of benzene rings is 1. The Balaban J connectivity index is 2.62. The lowest BCUT2D eigenvalue weighted by atomic mass is 9.96. The maximum absolute atomic E-state index is 10.6. The van der Waals surface area contributed by atoms with E-state index >= 15 is 0 Å². The van der Waals surface area contributed by atoms with Crippen LogP contribution in [0.15, 0.2) is 24.3 Å². The molecule has 0 radical (unpaired) electrons. The van der Waals surface area contributed by atoms with Crippen molar-refractivity contribution in [1.82, 2.24) is 0 Å². The third-order valence-electron chi connectivity index (χ3n) is 2.87. The van der Waals surface area contributed by atoms with Crippen molar-refractivity contribution in [2.75, 3.05) is 18.4 Å². The Labute approximate surface area is 101 Å². The average Bonchev–Trinajstić information content (AvgIpc) is 2.29. The van der Waals surface area contributed by atoms with E-state index in [2.05, 4.69) is 19.2 Å². The third-order valence-corrected chi connectivity index (χ3v) is 2.87. The molecule has 0 bridgehead atoms. The Morgan fingerprint density at radius 1 is 1.47 bits per heavy atom. The lowest BCUT2D eigenvalue weighted by Gasteiger charge is -2.19. The first-order chi connectivity index (χ1) is 8.04. The van der Waals surface area contributed by atoms with Crippen LogP contribution in [0.4, 0.5) is 11.4 Å². The van der Waals surface area contributed by atoms with Crippen LogP contribution in [0, 0.1) is 22.0 Å². The minimum atomic E-state index is -0.395. The summed E-state index contributed by atoms with van der Waals surface area (Å²) in [5.41, 5.74) is 6.53. The molecule has 3 N–H and O–H groups in total. The molecule has 0 fully saturated rings. The van der Waals surface area contributed by atoms with Gasteiger partial charge in [0.05, 0.1) is 4.92 Å². The molecule has 1 aromatic rings. The normalized spacial score (nSPS) is 12.5. The van der Waals surface area contributed by atoms with Gasteiger partial charge in [0, 0.05) is 24.4 Å². The van der Waals surface area contributed by atoms with Gasteiger partial charge in [-0.3, -0.25) is 10.1 Å². The molecule has 0 spiro atoms. The van der Waals surface area contributed by atoms with E-state index in [1.807, 2.05) is 6.07 Å². The lowest BCUT2D eigenvalue weighted by molar-refractivity contribution is -0.384. The molecule has 0 heterocycles. The molecule has 5 heteroatoms. The summed E-state index contributed by atoms with van der Waals surface area (Å²) in [6, 6.07) is 6.51. The topological polar surface area (TPSA) is 81.2 Å². The van der Waals surface area contributed by atoms with E-state index in [1.54, 1.807) is 6.07 Å². The van der Waals surface area contributed by atoms with E-state index in [0.717, 1.165) is 12.2 Å². The van der Waals surface area contributed by atoms with Crippen molar-refractivity contribution in [3.8, 4) is 0 Å². The molecule has 1 aromatic carbocycles. The van der Waals surface area contributed by atoms with E-state index in [9.17, 15) is 10.1 Å². The summed E-state index contributed by atoms with van der Waals surface area (Å²) >= 11 is 0. The lowest BCUT2D eigenvalue weighted by Crippen LogP contribution is -2.27. The first kappa shape index (κ1) is 13.4. The van der Waals surface area contributed by atoms with Gasteiger partial charge in [0.1, 0.15) is 0 Å². The van der Waals surface area contributed by atoms with Crippen LogP contribution in [0.25, 0.3) is 0 Å². The molecule has 5 nitrogen and oxygen atoms in total. The molecule has 94 valence electrons. The van der Waals surface area contributed by atoms with Crippen molar-refractivity contribution in [3.05, 3.63) is 34.4 Å². The van der Waals surface area contributed by atoms with Crippen molar-refractivity contribution in [2.45, 2.75) is 13.8 Å². The minimum Gasteiger partial charge on any atom is -0.385 e. The molecule has 0 saturated heterocycles. The molecule has 1 rings (SSSR count). The van der Waals surface area contributed by atoms with Crippen LogP contribution in [0.5, 0.6) is 0 Å². The highest BCUT2D eigenvalue weighted by molar-refractivity contribution is 5.50. The van der Waals surface area contributed by atoms with Gasteiger partial charge in [0.25, 0.3) is 5.69 Å². The number of nitrogens with two attached hydrogens (primary N) is 1. The average molecular weight is 237 g/mol. The predicted octanol–water partition coefficient (Wildman–Crippen LogP) is 2.24. The van der Waals surface area contributed by atoms with E-state index < -0.39 is 4.92 Å². The van der Waals surface area contributed by atoms with Crippen molar-refractivity contribution in [1.29, 1.82) is 0 Å². The van der Waals surface area contributed by atoms with Crippen LogP contribution in [0.2, 0.25) is 0 Å². The standard InChI is InChI=1S/C12H19N3O2/c1-9(2)10(7-13)8-14-11-4-3-5-12(6-11)15(16)17/h3-6,9-10,14H,7-8,13H2,1-2H3. The Bertz CT molecular complexity index is 380. The molecule has 0 amide bonds. The van der Waals surface area contributed by atoms with Crippen molar-refractivity contribution >= 4 is 11.4 Å². The van der Waals surface area contributed by atoms with Crippen molar-refractivity contribution in [3.63, 3.8) is 0 Å². The van der Waals surface area contributed by atoms with Gasteiger partial charge in [-0.15, -0.1) is 0 Å². The molecule has 0 aliphatic carbocycles. The summed E-state index contributed by atoms with van der Waals surface area (Å²) in [5, 5.41) is 13.8. The fraction of sp³-hybridized carbons (Fsp3) is 0.500. The van der Waals surface area contributed by atoms with Gasteiger partial charge in [-0.25, -0.2) is 0 Å². The molecule has 0 aromatic heterocycles. The number of hydrogen-bond acceptors (Lipinski definition) is 4. The Morgan fingerprint density at radius 2 is 2.18 bits per heavy atom. The summed E-state index contributed by atoms with van der Waals surface area (Å²) in [6.45, 7) is 5.58. The number of anilines is 1. The molecule has 17 heavy (non-hydrogen) atoms. The van der Waals surface area contributed by atoms with Crippen molar-refractivity contribution in [2.24, 2.45) is 17.6 Å². The van der Waals surface area contributed by atoms with Crippen LogP contribution in [-0.4, -0.2) is 18.0 Å². The van der Waals surface area contributed by atoms with Crippen LogP contribution in [0.3, 0.4) is 0 Å². The van der Waals surface area contributed by atoms with Gasteiger partial charge in [0.15, 0.2) is 0 Å². The van der Waals surface area contributed by atoms with Crippen LogP contribution in [0.1, 0.15) is 13.8 Å². The zero-order valence-electron chi connectivity index (χ0n) is 10.2. The highest BCUT2D eigenvalue weighted by Crippen LogP contribution is 2.18. The maximum atomic E-state index is 10.6. The first-order valence-corrected chi connectivity index (χ1v) is 5.73. The van der Waals surface area contributed by atoms with Gasteiger partial charge in [-0.2, -0.15) is 0 Å². The highest BCUT2D eigenvalue weighted by Gasteiger charge is 2.11. The number of nitrogens with one attached hydrogen (secondary N) is 1. The Morgan fingerprint density at radius 3 is 2.71 bits per heavy atom. The first-order valence-electron chi connectivity index (χ1n) is 5.73. The monoisotopic (exact) mass is 237 g/mol. The van der Waals surface area contributed by atoms with E-state index in [1.165, 1.54) is 12.1 Å². The number of nitro benzene ring substituents is 1. The minimum absolute atomic E-state index is 0.101. The second kappa shape index (κ2) is 6.20. The molecular formula is C12H19N3O2. The SMILES string of the molecule is CC(C)C(CN)CNc1cccc([N+](=O)[O-])c1. The van der Waals surface area contributed by atoms with Gasteiger partial charge >= 0.3 is 0 Å². The zero-order chi connectivity index (χ0) is 12.8. The summed E-state index contributed by atoms with van der Waals surface area (Å²) in [4.78, 5) is 10.2. The van der Waals surface area contributed by atoms with Gasteiger partial charge in [-0.1, -0.05) is 19.9 Å². The predicted molar refractivity (Wildman–Crippen MR) is 69.0 cm³/mol. The van der Waals surface area contributed by atoms with Gasteiger partial charge in [0.2, 0.25) is 0 Å². The second-order valence-corrected chi connectivity index (χ2v) is 4.43. The zero-order valence-corrected chi connectivity index (χ0v) is 10.2. The van der Waals surface area contributed by atoms with Crippen LogP contribution in [-0.2, 0) is 0 Å². The Hall–Kier alpha value is -1.62. The van der Waals surface area contributed by atoms with E-state index in [-0.39, 0.29) is 5.69 Å². The third kappa shape index (κ3) is 4.03. The van der Waals surface area contributed by atoms with Crippen LogP contribution < -0.4 is 11.1 Å². The second-order valence-electron chi connectivity index (χ2n) is 4.43. The van der Waals surface area contributed by atoms with Crippen LogP contribution >= 0.6 is 0 Å². The summed E-state index contributed by atoms with van der Waals surface area (Å²) in [7, 11) is 0. The molecule has 0 aliphatic heterocycles. The number of hydrogen-bond donors (Lipinski definition) is 2. The molecular weight excluding hydrogens is 218 g/mol. The quantitative estimate of drug-likeness (QED) is 0.587. The number of rotatable bonds is 6. The summed E-state index contributed by atoms with van der Waals surface area (Å²) in [6.07, 6.45) is 0. The molecule has 1 unspecified atom stereocenters. The van der Waals surface area contributed by atoms with Crippen molar-refractivity contribution < 1.29 is 4.92 Å². The highest BCUT2D eigenvalue weighted by atomic mass is 16.6. The number of nitrogens with zero attached hydrogens (tertiary/aromatic N) is 1. The van der Waals surface area contributed by atoms with Gasteiger partial charge in [-0.05, 0) is 24.4 Å². The smallest absolute Gasteiger partial charge is 0.271 e. The van der Waals surface area contributed by atoms with E-state index in [0.29, 0.717) is 18.4 Å².